The summed E-state index contributed by atoms with van der Waals surface area (Å²) in [6, 6.07) is 0.657. The van der Waals surface area contributed by atoms with Gasteiger partial charge in [-0.3, -0.25) is 4.79 Å². The van der Waals surface area contributed by atoms with Gasteiger partial charge in [-0.25, -0.2) is 18.4 Å². The standard InChI is InChI=1S/C19H19F6N5O3S/c1-4-34(32,33)17-13(27-12-7-9(18(20,21)22)5-6-30(12)17)15-26-10-8-11(19(23,24)25)28(2)16(31)14(10)29(15)3/h8-9H,4-7H2,1-3H3. The van der Waals surface area contributed by atoms with Crippen LogP contribution in [0, 0.1) is 5.92 Å². The van der Waals surface area contributed by atoms with E-state index in [1.165, 1.54) is 18.5 Å². The van der Waals surface area contributed by atoms with Crippen molar-refractivity contribution in [3.05, 3.63) is 27.9 Å². The molecule has 1 aliphatic heterocycles. The topological polar surface area (TPSA) is 91.8 Å². The molecule has 0 amide bonds. The highest BCUT2D eigenvalue weighted by atomic mass is 32.2. The van der Waals surface area contributed by atoms with Crippen LogP contribution < -0.4 is 5.56 Å². The van der Waals surface area contributed by atoms with Gasteiger partial charge in [0.25, 0.3) is 5.56 Å². The van der Waals surface area contributed by atoms with Gasteiger partial charge in [-0.1, -0.05) is 6.92 Å². The van der Waals surface area contributed by atoms with E-state index in [2.05, 4.69) is 9.97 Å². The van der Waals surface area contributed by atoms with E-state index in [1.807, 2.05) is 0 Å². The van der Waals surface area contributed by atoms with Crippen molar-refractivity contribution in [3.8, 4) is 11.5 Å². The third kappa shape index (κ3) is 3.69. The molecule has 186 valence electrons. The maximum atomic E-state index is 13.4. The number of rotatable bonds is 3. The highest BCUT2D eigenvalue weighted by Crippen LogP contribution is 2.39. The van der Waals surface area contributed by atoms with E-state index >= 15 is 0 Å². The lowest BCUT2D eigenvalue weighted by molar-refractivity contribution is -0.179. The van der Waals surface area contributed by atoms with Crippen molar-refractivity contribution in [3.63, 3.8) is 0 Å². The number of sulfone groups is 1. The van der Waals surface area contributed by atoms with Crippen LogP contribution in [-0.4, -0.2) is 44.0 Å². The van der Waals surface area contributed by atoms with Crippen molar-refractivity contribution in [2.45, 2.75) is 43.7 Å². The van der Waals surface area contributed by atoms with Crippen molar-refractivity contribution in [2.24, 2.45) is 20.0 Å². The third-order valence-corrected chi connectivity index (χ3v) is 7.80. The minimum Gasteiger partial charge on any atom is -0.321 e. The summed E-state index contributed by atoms with van der Waals surface area (Å²) < 4.78 is 108. The van der Waals surface area contributed by atoms with Crippen LogP contribution in [0.15, 0.2) is 15.9 Å². The Morgan fingerprint density at radius 1 is 1.09 bits per heavy atom. The molecule has 15 heteroatoms. The van der Waals surface area contributed by atoms with Gasteiger partial charge in [0.1, 0.15) is 22.7 Å². The van der Waals surface area contributed by atoms with Crippen LogP contribution in [-0.2, 0) is 43.1 Å². The second kappa shape index (κ2) is 7.58. The summed E-state index contributed by atoms with van der Waals surface area (Å²) in [6.45, 7) is 1.09. The number of hydrogen-bond acceptors (Lipinski definition) is 5. The molecule has 0 radical (unpaired) electrons. The zero-order valence-corrected chi connectivity index (χ0v) is 18.9. The number of imidazole rings is 2. The number of alkyl halides is 6. The minimum absolute atomic E-state index is 0.119. The molecule has 4 rings (SSSR count). The number of pyridine rings is 1. The van der Waals surface area contributed by atoms with E-state index in [0.717, 1.165) is 11.6 Å². The Morgan fingerprint density at radius 3 is 2.29 bits per heavy atom. The van der Waals surface area contributed by atoms with Crippen LogP contribution in [0.5, 0.6) is 0 Å². The Morgan fingerprint density at radius 2 is 1.74 bits per heavy atom. The smallest absolute Gasteiger partial charge is 0.321 e. The lowest BCUT2D eigenvalue weighted by Gasteiger charge is -2.26. The Labute approximate surface area is 188 Å². The number of halogens is 6. The molecule has 0 fully saturated rings. The number of fused-ring (bicyclic) bond motifs is 2. The van der Waals surface area contributed by atoms with E-state index in [-0.39, 0.29) is 46.4 Å². The Hall–Kier alpha value is -2.84. The van der Waals surface area contributed by atoms with Crippen LogP contribution in [0.25, 0.3) is 22.6 Å². The number of aryl methyl sites for hydroxylation is 1. The summed E-state index contributed by atoms with van der Waals surface area (Å²) >= 11 is 0. The van der Waals surface area contributed by atoms with Crippen LogP contribution in [0.3, 0.4) is 0 Å². The molecule has 34 heavy (non-hydrogen) atoms. The molecule has 0 aliphatic carbocycles. The molecule has 1 aliphatic rings. The van der Waals surface area contributed by atoms with E-state index in [1.54, 1.807) is 0 Å². The lowest BCUT2D eigenvalue weighted by Crippen LogP contribution is -2.32. The first kappa shape index (κ1) is 24.3. The lowest BCUT2D eigenvalue weighted by atomic mass is 9.97. The molecule has 0 spiro atoms. The van der Waals surface area contributed by atoms with Gasteiger partial charge < -0.3 is 13.7 Å². The molecular weight excluding hydrogens is 492 g/mol. The van der Waals surface area contributed by atoms with Gasteiger partial charge in [-0.2, -0.15) is 26.3 Å². The summed E-state index contributed by atoms with van der Waals surface area (Å²) in [4.78, 5) is 20.9. The average Bonchev–Trinajstić information content (AvgIpc) is 3.26. The van der Waals surface area contributed by atoms with Crippen molar-refractivity contribution in [1.82, 2.24) is 23.7 Å². The van der Waals surface area contributed by atoms with E-state index < -0.39 is 51.5 Å². The molecule has 0 saturated carbocycles. The molecule has 8 nitrogen and oxygen atoms in total. The van der Waals surface area contributed by atoms with Gasteiger partial charge in [-0.15, -0.1) is 0 Å². The third-order valence-electron chi connectivity index (χ3n) is 6.03. The Balaban J connectivity index is 2.01. The maximum Gasteiger partial charge on any atom is 0.431 e. The maximum absolute atomic E-state index is 13.4. The van der Waals surface area contributed by atoms with Crippen molar-refractivity contribution < 1.29 is 34.8 Å². The van der Waals surface area contributed by atoms with Crippen LogP contribution in [0.4, 0.5) is 26.3 Å². The fourth-order valence-corrected chi connectivity index (χ4v) is 5.44. The molecule has 3 aromatic rings. The second-order valence-corrected chi connectivity index (χ2v) is 10.3. The quantitative estimate of drug-likeness (QED) is 0.504. The zero-order chi connectivity index (χ0) is 25.4. The SMILES string of the molecule is CCS(=O)(=O)c1c(-c2nc3cc(C(F)(F)F)n(C)c(=O)c3n2C)nc2n1CCC(C(F)(F)F)C2. The fourth-order valence-electron chi connectivity index (χ4n) is 4.20. The minimum atomic E-state index is -4.85. The van der Waals surface area contributed by atoms with Gasteiger partial charge in [0.2, 0.25) is 0 Å². The molecule has 0 N–H and O–H groups in total. The van der Waals surface area contributed by atoms with Gasteiger partial charge in [0, 0.05) is 27.1 Å². The number of hydrogen-bond donors (Lipinski definition) is 0. The number of aromatic nitrogens is 5. The average molecular weight is 511 g/mol. The monoisotopic (exact) mass is 511 g/mol. The van der Waals surface area contributed by atoms with Crippen molar-refractivity contribution in [2.75, 3.05) is 5.75 Å². The van der Waals surface area contributed by atoms with Gasteiger partial charge in [0.05, 0.1) is 17.2 Å². The van der Waals surface area contributed by atoms with Gasteiger partial charge in [0.15, 0.2) is 20.7 Å². The predicted molar refractivity (Wildman–Crippen MR) is 108 cm³/mol. The summed E-state index contributed by atoms with van der Waals surface area (Å²) in [7, 11) is -1.78. The van der Waals surface area contributed by atoms with E-state index in [9.17, 15) is 39.6 Å². The first-order chi connectivity index (χ1) is 15.6. The molecule has 1 unspecified atom stereocenters. The molecule has 3 aromatic heterocycles. The molecule has 0 bridgehead atoms. The van der Waals surface area contributed by atoms with Crippen LogP contribution in [0.1, 0.15) is 24.9 Å². The Kier molecular flexibility index (Phi) is 5.42. The molecule has 0 saturated heterocycles. The van der Waals surface area contributed by atoms with E-state index in [0.29, 0.717) is 10.6 Å². The molecule has 0 aromatic carbocycles. The molecule has 4 heterocycles. The van der Waals surface area contributed by atoms with Crippen molar-refractivity contribution >= 4 is 20.9 Å². The predicted octanol–water partition coefficient (Wildman–Crippen LogP) is 3.07. The van der Waals surface area contributed by atoms with Gasteiger partial charge >= 0.3 is 12.4 Å². The summed E-state index contributed by atoms with van der Waals surface area (Å²) in [5.74, 6) is -2.46. The zero-order valence-electron chi connectivity index (χ0n) is 18.1. The van der Waals surface area contributed by atoms with Gasteiger partial charge in [-0.05, 0) is 12.5 Å². The normalized spacial score (nSPS) is 17.4. The largest absolute Gasteiger partial charge is 0.431 e. The van der Waals surface area contributed by atoms with Crippen LogP contribution >= 0.6 is 0 Å². The Bertz CT molecular complexity index is 1460. The summed E-state index contributed by atoms with van der Waals surface area (Å²) in [5.41, 5.74) is -3.15. The summed E-state index contributed by atoms with van der Waals surface area (Å²) in [5, 5.41) is -0.364. The summed E-state index contributed by atoms with van der Waals surface area (Å²) in [6.07, 6.45) is -10.3. The first-order valence-electron chi connectivity index (χ1n) is 10.1. The molecule has 1 atom stereocenters. The molecular formula is C19H19F6N5O3S. The second-order valence-electron chi connectivity index (χ2n) is 8.09. The highest BCUT2D eigenvalue weighted by molar-refractivity contribution is 7.91. The van der Waals surface area contributed by atoms with Crippen LogP contribution in [0.2, 0.25) is 0 Å². The first-order valence-corrected chi connectivity index (χ1v) is 11.8. The number of nitrogens with zero attached hydrogens (tertiary/aromatic N) is 5. The fraction of sp³-hybridized carbons (Fsp3) is 0.526. The highest BCUT2D eigenvalue weighted by Gasteiger charge is 2.44. The van der Waals surface area contributed by atoms with E-state index in [4.69, 9.17) is 0 Å². The van der Waals surface area contributed by atoms with Crippen molar-refractivity contribution in [1.29, 1.82) is 0 Å².